The maximum absolute atomic E-state index is 8.69. The Hall–Kier alpha value is -0.187. The van der Waals surface area contributed by atoms with Crippen molar-refractivity contribution in [3.63, 3.8) is 0 Å². The second-order valence-electron chi connectivity index (χ2n) is 0.333. The zero-order valence-electron chi connectivity index (χ0n) is 4.76. The second-order valence-corrected chi connectivity index (χ2v) is 0.333. The molecule has 5 nitrogen and oxygen atoms in total. The molecule has 0 amide bonds. The minimum absolute atomic E-state index is 0. The maximum Gasteiger partial charge on any atom is 0.150 e. The molecule has 0 saturated heterocycles. The van der Waals surface area contributed by atoms with E-state index in [4.69, 9.17) is 10.4 Å². The number of nitrogens with two attached hydrogens (primary N) is 1. The molecule has 0 fully saturated rings. The Labute approximate surface area is 61.2 Å². The molecule has 50 valence electrons. The van der Waals surface area contributed by atoms with Gasteiger partial charge in [-0.05, 0) is 0 Å². The van der Waals surface area contributed by atoms with Gasteiger partial charge in [0, 0.05) is 19.5 Å². The second kappa shape index (κ2) is 29.1. The van der Waals surface area contributed by atoms with E-state index in [1.165, 1.54) is 0 Å². The van der Waals surface area contributed by atoms with Crippen LogP contribution in [0.25, 0.3) is 6.15 Å². The SMILES string of the molecule is C=[N+]([O-])[O-].O.[CH3-].[NH2-].[Zn]. The largest absolute Gasteiger partial charge is 0.693 e. The summed E-state index contributed by atoms with van der Waals surface area (Å²) in [6.07, 6.45) is 0. The van der Waals surface area contributed by atoms with Gasteiger partial charge in [0.1, 0.15) is 0 Å². The van der Waals surface area contributed by atoms with Crippen LogP contribution in [0, 0.1) is 17.8 Å². The van der Waals surface area contributed by atoms with Gasteiger partial charge in [0.2, 0.25) is 0 Å². The van der Waals surface area contributed by atoms with Gasteiger partial charge in [-0.2, -0.15) is 4.90 Å². The van der Waals surface area contributed by atoms with E-state index in [-0.39, 0.29) is 38.5 Å². The average molecular weight is 174 g/mol. The molecule has 0 bridgehead atoms. The standard InChI is InChI=1S/CH2NO2.CH3.H2N.H2O.Zn/c1-2(3)4;;;;/h1H2;1H3;2*1H2;/q3*-1;;. The van der Waals surface area contributed by atoms with Crippen LogP contribution in [0.15, 0.2) is 0 Å². The summed E-state index contributed by atoms with van der Waals surface area (Å²) in [5, 5.41) is 17.4. The van der Waals surface area contributed by atoms with Gasteiger partial charge in [0.25, 0.3) is 0 Å². The molecule has 0 saturated carbocycles. The van der Waals surface area contributed by atoms with Crippen molar-refractivity contribution in [2.75, 3.05) is 0 Å². The van der Waals surface area contributed by atoms with Crippen molar-refractivity contribution in [1.82, 2.24) is 0 Å². The van der Waals surface area contributed by atoms with Crippen LogP contribution in [0.5, 0.6) is 0 Å². The molecule has 0 aromatic carbocycles. The molecule has 0 heterocycles. The first-order valence-corrected chi connectivity index (χ1v) is 0.681. The topological polar surface area (TPSA) is 114 Å². The fourth-order valence-corrected chi connectivity index (χ4v) is 0. The smallest absolute Gasteiger partial charge is 0.150 e. The molecule has 0 aromatic rings. The summed E-state index contributed by atoms with van der Waals surface area (Å²) >= 11 is 0. The van der Waals surface area contributed by atoms with Gasteiger partial charge in [0.15, 0.2) is 6.72 Å². The Balaban J connectivity index is -0.00000000750. The molecular weight excluding hydrogens is 165 g/mol. The molecule has 0 atom stereocenters. The quantitative estimate of drug-likeness (QED) is 0.170. The van der Waals surface area contributed by atoms with E-state index < -0.39 is 4.90 Å². The Morgan fingerprint density at radius 1 is 1.25 bits per heavy atom. The van der Waals surface area contributed by atoms with Crippen molar-refractivity contribution in [3.8, 4) is 0 Å². The minimum atomic E-state index is -0.750. The summed E-state index contributed by atoms with van der Waals surface area (Å²) in [7, 11) is 0. The normalized spacial score (nSPS) is 3.00. The molecule has 0 aliphatic rings. The van der Waals surface area contributed by atoms with Crippen LogP contribution in [0.3, 0.4) is 0 Å². The summed E-state index contributed by atoms with van der Waals surface area (Å²) in [6, 6.07) is 0. The van der Waals surface area contributed by atoms with Crippen LogP contribution in [-0.2, 0) is 19.5 Å². The third-order valence-corrected chi connectivity index (χ3v) is 0. The molecule has 0 spiro atoms. The van der Waals surface area contributed by atoms with E-state index in [1.54, 1.807) is 0 Å². The molecule has 4 N–H and O–H groups in total. The molecule has 0 rings (SSSR count). The van der Waals surface area contributed by atoms with Crippen LogP contribution in [-0.4, -0.2) is 17.1 Å². The fraction of sp³-hybridized carbons (Fsp3) is 0. The van der Waals surface area contributed by atoms with E-state index >= 15 is 0 Å². The van der Waals surface area contributed by atoms with Crippen molar-refractivity contribution in [1.29, 1.82) is 0 Å². The van der Waals surface area contributed by atoms with E-state index in [0.29, 0.717) is 0 Å². The Morgan fingerprint density at radius 3 is 1.25 bits per heavy atom. The van der Waals surface area contributed by atoms with Gasteiger partial charge in [-0.3, -0.25) is 0 Å². The van der Waals surface area contributed by atoms with Gasteiger partial charge in [-0.25, -0.2) is 0 Å². The van der Waals surface area contributed by atoms with E-state index in [0.717, 1.165) is 0 Å². The van der Waals surface area contributed by atoms with Crippen molar-refractivity contribution in [2.24, 2.45) is 0 Å². The summed E-state index contributed by atoms with van der Waals surface area (Å²) in [6.45, 7) is 2.36. The fourth-order valence-electron chi connectivity index (χ4n) is 0. The number of nitrogens with zero attached hydrogens (tertiary/aromatic N) is 1. The Kier molecular flexibility index (Phi) is 167. The van der Waals surface area contributed by atoms with Crippen LogP contribution in [0.2, 0.25) is 0 Å². The van der Waals surface area contributed by atoms with Gasteiger partial charge >= 0.3 is 0 Å². The summed E-state index contributed by atoms with van der Waals surface area (Å²) in [5.41, 5.74) is 0. The number of hydrogen-bond donors (Lipinski definition) is 0. The number of hydrogen-bond acceptors (Lipinski definition) is 2. The van der Waals surface area contributed by atoms with Gasteiger partial charge in [0.05, 0.1) is 0 Å². The predicted octanol–water partition coefficient (Wildman–Crippen LogP) is 0.0353. The Morgan fingerprint density at radius 2 is 1.25 bits per heavy atom. The zero-order valence-corrected chi connectivity index (χ0v) is 7.72. The predicted molar refractivity (Wildman–Crippen MR) is 29.4 cm³/mol. The Bertz CT molecular complexity index is 38.3. The third-order valence-electron chi connectivity index (χ3n) is 0. The van der Waals surface area contributed by atoms with Crippen molar-refractivity contribution in [2.45, 2.75) is 0 Å². The van der Waals surface area contributed by atoms with Crippen molar-refractivity contribution < 1.29 is 29.9 Å². The van der Waals surface area contributed by atoms with E-state index in [1.807, 2.05) is 0 Å². The number of rotatable bonds is 0. The summed E-state index contributed by atoms with van der Waals surface area (Å²) in [5.74, 6) is 0. The summed E-state index contributed by atoms with van der Waals surface area (Å²) in [4.78, 5) is -0.750. The minimum Gasteiger partial charge on any atom is -0.693 e. The molecular formula is C2H9N2O3Zn-3. The maximum atomic E-state index is 8.69. The third kappa shape index (κ3) is 3870. The molecule has 0 unspecified atom stereocenters. The van der Waals surface area contributed by atoms with Gasteiger partial charge in [-0.15, -0.1) is 0 Å². The van der Waals surface area contributed by atoms with Crippen LogP contribution < -0.4 is 0 Å². The molecule has 0 aromatic heterocycles. The first kappa shape index (κ1) is 45.8. The molecule has 8 heavy (non-hydrogen) atoms. The zero-order chi connectivity index (χ0) is 3.58. The van der Waals surface area contributed by atoms with Gasteiger partial charge in [-0.1, -0.05) is 0 Å². The monoisotopic (exact) mass is 173 g/mol. The molecule has 0 aliphatic carbocycles. The first-order chi connectivity index (χ1) is 1.73. The van der Waals surface area contributed by atoms with Crippen molar-refractivity contribution in [3.05, 3.63) is 24.0 Å². The van der Waals surface area contributed by atoms with Crippen LogP contribution in [0.1, 0.15) is 0 Å². The average Bonchev–Trinajstić information content (AvgIpc) is 0.811. The molecule has 6 heteroatoms. The van der Waals surface area contributed by atoms with E-state index in [2.05, 4.69) is 6.72 Å². The first-order valence-electron chi connectivity index (χ1n) is 0.681. The van der Waals surface area contributed by atoms with Crippen LogP contribution >= 0.6 is 0 Å². The van der Waals surface area contributed by atoms with Gasteiger partial charge < -0.3 is 29.5 Å². The van der Waals surface area contributed by atoms with Crippen LogP contribution in [0.4, 0.5) is 0 Å². The summed E-state index contributed by atoms with van der Waals surface area (Å²) < 4.78 is 0. The van der Waals surface area contributed by atoms with E-state index in [9.17, 15) is 0 Å². The molecule has 0 radical (unpaired) electrons. The molecule has 0 aliphatic heterocycles. The van der Waals surface area contributed by atoms with Crippen molar-refractivity contribution >= 4 is 6.72 Å².